The van der Waals surface area contributed by atoms with E-state index in [-0.39, 0.29) is 18.1 Å². The average molecular weight is 355 g/mol. The van der Waals surface area contributed by atoms with Gasteiger partial charge in [0, 0.05) is 4.88 Å². The van der Waals surface area contributed by atoms with E-state index in [1.54, 1.807) is 25.3 Å². The second-order valence-corrected chi connectivity index (χ2v) is 6.55. The molecule has 1 aromatic carbocycles. The number of benzene rings is 1. The van der Waals surface area contributed by atoms with Crippen molar-refractivity contribution in [3.8, 4) is 5.75 Å². The van der Waals surface area contributed by atoms with Gasteiger partial charge in [-0.05, 0) is 42.0 Å². The average Bonchev–Trinajstić information content (AvgIpc) is 3.31. The van der Waals surface area contributed by atoms with Crippen LogP contribution in [-0.4, -0.2) is 18.8 Å². The fourth-order valence-electron chi connectivity index (χ4n) is 2.34. The van der Waals surface area contributed by atoms with Gasteiger partial charge in [-0.15, -0.1) is 11.3 Å². The predicted octanol–water partition coefficient (Wildman–Crippen LogP) is 3.44. The van der Waals surface area contributed by atoms with Crippen LogP contribution in [0.4, 0.5) is 0 Å². The first-order chi connectivity index (χ1) is 12.2. The quantitative estimate of drug-likeness (QED) is 0.659. The molecule has 0 bridgehead atoms. The van der Waals surface area contributed by atoms with E-state index < -0.39 is 0 Å². The highest BCUT2D eigenvalue weighted by atomic mass is 32.1. The summed E-state index contributed by atoms with van der Waals surface area (Å²) >= 11 is 1.35. The Labute approximate surface area is 149 Å². The molecule has 3 rings (SSSR count). The number of carbonyl (C=O) groups excluding carboxylic acids is 2. The van der Waals surface area contributed by atoms with Crippen molar-refractivity contribution in [3.05, 3.63) is 75.9 Å². The summed E-state index contributed by atoms with van der Waals surface area (Å²) in [7, 11) is 1.59. The standard InChI is InChI=1S/C19H17NO4S/c1-23-14-5-2-4-13(10-14)11-18(21)20-12-15-7-8-17(25-15)19(22)16-6-3-9-24-16/h2-10H,11-12H2,1H3,(H,20,21). The highest BCUT2D eigenvalue weighted by molar-refractivity contribution is 7.14. The topological polar surface area (TPSA) is 68.5 Å². The van der Waals surface area contributed by atoms with E-state index in [1.807, 2.05) is 30.3 Å². The molecule has 0 aliphatic heterocycles. The third-order valence-electron chi connectivity index (χ3n) is 3.59. The summed E-state index contributed by atoms with van der Waals surface area (Å²) < 4.78 is 10.3. The van der Waals surface area contributed by atoms with E-state index in [9.17, 15) is 9.59 Å². The molecule has 0 aliphatic rings. The van der Waals surface area contributed by atoms with Crippen molar-refractivity contribution in [3.63, 3.8) is 0 Å². The van der Waals surface area contributed by atoms with Crippen LogP contribution in [0.25, 0.3) is 0 Å². The van der Waals surface area contributed by atoms with Gasteiger partial charge < -0.3 is 14.5 Å². The van der Waals surface area contributed by atoms with Crippen LogP contribution in [0.3, 0.4) is 0 Å². The molecule has 0 atom stereocenters. The van der Waals surface area contributed by atoms with Crippen LogP contribution in [0.2, 0.25) is 0 Å². The molecule has 1 N–H and O–H groups in total. The highest BCUT2D eigenvalue weighted by Crippen LogP contribution is 2.20. The Morgan fingerprint density at radius 3 is 2.80 bits per heavy atom. The Morgan fingerprint density at radius 1 is 1.16 bits per heavy atom. The molecule has 0 saturated heterocycles. The van der Waals surface area contributed by atoms with Gasteiger partial charge in [-0.2, -0.15) is 0 Å². The van der Waals surface area contributed by atoms with E-state index in [4.69, 9.17) is 9.15 Å². The Morgan fingerprint density at radius 2 is 2.04 bits per heavy atom. The lowest BCUT2D eigenvalue weighted by Gasteiger charge is -2.05. The van der Waals surface area contributed by atoms with Crippen molar-refractivity contribution in [2.45, 2.75) is 13.0 Å². The summed E-state index contributed by atoms with van der Waals surface area (Å²) in [5, 5.41) is 2.87. The number of rotatable bonds is 7. The maximum absolute atomic E-state index is 12.2. The molecule has 128 valence electrons. The minimum atomic E-state index is -0.149. The monoisotopic (exact) mass is 355 g/mol. The smallest absolute Gasteiger partial charge is 0.238 e. The number of ether oxygens (including phenoxy) is 1. The normalized spacial score (nSPS) is 10.4. The van der Waals surface area contributed by atoms with Gasteiger partial charge in [0.15, 0.2) is 5.76 Å². The van der Waals surface area contributed by atoms with Gasteiger partial charge in [0.25, 0.3) is 0 Å². The largest absolute Gasteiger partial charge is 0.497 e. The van der Waals surface area contributed by atoms with Crippen LogP contribution < -0.4 is 10.1 Å². The molecule has 0 aliphatic carbocycles. The summed E-state index contributed by atoms with van der Waals surface area (Å²) in [6, 6.07) is 14.3. The summed E-state index contributed by atoms with van der Waals surface area (Å²) in [4.78, 5) is 25.8. The van der Waals surface area contributed by atoms with E-state index >= 15 is 0 Å². The van der Waals surface area contributed by atoms with Crippen LogP contribution >= 0.6 is 11.3 Å². The Balaban J connectivity index is 1.55. The summed E-state index contributed by atoms with van der Waals surface area (Å²) in [5.41, 5.74) is 0.886. The zero-order chi connectivity index (χ0) is 17.6. The van der Waals surface area contributed by atoms with Crippen LogP contribution in [0.1, 0.15) is 25.9 Å². The summed E-state index contributed by atoms with van der Waals surface area (Å²) in [6.45, 7) is 0.388. The number of nitrogens with one attached hydrogen (secondary N) is 1. The molecule has 2 aromatic heterocycles. The molecule has 5 nitrogen and oxygen atoms in total. The lowest BCUT2D eigenvalue weighted by Crippen LogP contribution is -2.24. The number of hydrogen-bond donors (Lipinski definition) is 1. The first-order valence-corrected chi connectivity index (χ1v) is 8.54. The molecule has 0 radical (unpaired) electrons. The molecule has 6 heteroatoms. The molecule has 3 aromatic rings. The highest BCUT2D eigenvalue weighted by Gasteiger charge is 2.14. The van der Waals surface area contributed by atoms with Crippen LogP contribution in [0.5, 0.6) is 5.75 Å². The van der Waals surface area contributed by atoms with Gasteiger partial charge in [0.2, 0.25) is 11.7 Å². The van der Waals surface area contributed by atoms with Crippen LogP contribution in [-0.2, 0) is 17.8 Å². The number of ketones is 1. The van der Waals surface area contributed by atoms with Crippen molar-refractivity contribution in [1.29, 1.82) is 0 Å². The van der Waals surface area contributed by atoms with Crippen molar-refractivity contribution < 1.29 is 18.7 Å². The molecule has 0 fully saturated rings. The Kier molecular flexibility index (Phi) is 5.30. The number of carbonyl (C=O) groups is 2. The summed E-state index contributed by atoms with van der Waals surface area (Å²) in [5.74, 6) is 0.810. The maximum atomic E-state index is 12.2. The number of methoxy groups -OCH3 is 1. The third kappa shape index (κ3) is 4.36. The minimum Gasteiger partial charge on any atom is -0.497 e. The first-order valence-electron chi connectivity index (χ1n) is 7.72. The number of thiophene rings is 1. The fraction of sp³-hybridized carbons (Fsp3) is 0.158. The SMILES string of the molecule is COc1cccc(CC(=O)NCc2ccc(C(=O)c3ccco3)s2)c1. The maximum Gasteiger partial charge on any atom is 0.238 e. The molecule has 1 amide bonds. The van der Waals surface area contributed by atoms with Gasteiger partial charge >= 0.3 is 0 Å². The van der Waals surface area contributed by atoms with Gasteiger partial charge in [0.1, 0.15) is 5.75 Å². The van der Waals surface area contributed by atoms with Gasteiger partial charge in [-0.3, -0.25) is 9.59 Å². The van der Waals surface area contributed by atoms with Crippen molar-refractivity contribution in [2.75, 3.05) is 7.11 Å². The lowest BCUT2D eigenvalue weighted by molar-refractivity contribution is -0.120. The van der Waals surface area contributed by atoms with E-state index in [1.165, 1.54) is 17.6 Å². The van der Waals surface area contributed by atoms with Crippen molar-refractivity contribution in [1.82, 2.24) is 5.32 Å². The zero-order valence-electron chi connectivity index (χ0n) is 13.7. The predicted molar refractivity (Wildman–Crippen MR) is 95.0 cm³/mol. The summed E-state index contributed by atoms with van der Waals surface area (Å²) in [6.07, 6.45) is 1.75. The molecule has 0 saturated carbocycles. The molecular formula is C19H17NO4S. The van der Waals surface area contributed by atoms with E-state index in [0.29, 0.717) is 17.2 Å². The van der Waals surface area contributed by atoms with E-state index in [2.05, 4.69) is 5.32 Å². The lowest BCUT2D eigenvalue weighted by atomic mass is 10.1. The molecule has 0 unspecified atom stereocenters. The molecule has 0 spiro atoms. The van der Waals surface area contributed by atoms with Crippen molar-refractivity contribution >= 4 is 23.0 Å². The van der Waals surface area contributed by atoms with Gasteiger partial charge in [-0.1, -0.05) is 12.1 Å². The number of furan rings is 1. The minimum absolute atomic E-state index is 0.0828. The number of amides is 1. The second-order valence-electron chi connectivity index (χ2n) is 5.38. The van der Waals surface area contributed by atoms with Gasteiger partial charge in [0.05, 0.1) is 31.2 Å². The zero-order valence-corrected chi connectivity index (χ0v) is 14.5. The molecule has 2 heterocycles. The fourth-order valence-corrected chi connectivity index (χ4v) is 3.23. The first kappa shape index (κ1) is 17.0. The third-order valence-corrected chi connectivity index (χ3v) is 4.67. The van der Waals surface area contributed by atoms with Crippen LogP contribution in [0, 0.1) is 0 Å². The van der Waals surface area contributed by atoms with Crippen LogP contribution in [0.15, 0.2) is 59.2 Å². The van der Waals surface area contributed by atoms with Crippen molar-refractivity contribution in [2.24, 2.45) is 0 Å². The number of hydrogen-bond acceptors (Lipinski definition) is 5. The molecular weight excluding hydrogens is 338 g/mol. The van der Waals surface area contributed by atoms with Gasteiger partial charge in [-0.25, -0.2) is 0 Å². The Bertz CT molecular complexity index is 867. The van der Waals surface area contributed by atoms with E-state index in [0.717, 1.165) is 16.2 Å². The Hall–Kier alpha value is -2.86. The molecule has 25 heavy (non-hydrogen) atoms. The second kappa shape index (κ2) is 7.81.